The third-order valence-corrected chi connectivity index (χ3v) is 4.09. The van der Waals surface area contributed by atoms with Crippen molar-refractivity contribution in [3.63, 3.8) is 0 Å². The number of benzene rings is 2. The first-order chi connectivity index (χ1) is 13.1. The molecule has 0 unspecified atom stereocenters. The molecule has 0 radical (unpaired) electrons. The number of anilines is 3. The zero-order valence-corrected chi connectivity index (χ0v) is 15.2. The summed E-state index contributed by atoms with van der Waals surface area (Å²) in [5.41, 5.74) is 3.23. The van der Waals surface area contributed by atoms with Gasteiger partial charge in [0.2, 0.25) is 0 Å². The highest BCUT2D eigenvalue weighted by molar-refractivity contribution is 6.04. The zero-order valence-electron chi connectivity index (χ0n) is 15.2. The molecule has 0 aliphatic rings. The Hall–Kier alpha value is -3.72. The first kappa shape index (κ1) is 18.1. The van der Waals surface area contributed by atoms with Crippen LogP contribution in [0, 0.1) is 18.3 Å². The predicted molar refractivity (Wildman–Crippen MR) is 105 cm³/mol. The normalized spacial score (nSPS) is 10.1. The molecule has 2 aromatic carbocycles. The van der Waals surface area contributed by atoms with Gasteiger partial charge < -0.3 is 10.2 Å². The van der Waals surface area contributed by atoms with E-state index >= 15 is 0 Å². The average Bonchev–Trinajstić information content (AvgIpc) is 2.69. The third kappa shape index (κ3) is 4.10. The van der Waals surface area contributed by atoms with Crippen molar-refractivity contribution in [3.05, 3.63) is 77.7 Å². The van der Waals surface area contributed by atoms with Gasteiger partial charge in [-0.2, -0.15) is 5.26 Å². The van der Waals surface area contributed by atoms with E-state index in [1.807, 2.05) is 36.9 Å². The van der Waals surface area contributed by atoms with E-state index in [1.165, 1.54) is 6.33 Å². The van der Waals surface area contributed by atoms with Gasteiger partial charge >= 0.3 is 0 Å². The topological polar surface area (TPSA) is 81.9 Å². The fraction of sp³-hybridized carbons (Fsp3) is 0.143. The van der Waals surface area contributed by atoms with Crippen molar-refractivity contribution in [2.24, 2.45) is 0 Å². The molecule has 27 heavy (non-hydrogen) atoms. The second-order valence-corrected chi connectivity index (χ2v) is 5.96. The minimum absolute atomic E-state index is 0.235. The van der Waals surface area contributed by atoms with Crippen LogP contribution in [-0.2, 0) is 0 Å². The summed E-state index contributed by atoms with van der Waals surface area (Å²) >= 11 is 0. The number of aromatic nitrogens is 2. The lowest BCUT2D eigenvalue weighted by Gasteiger charge is -2.22. The molecule has 0 fully saturated rings. The van der Waals surface area contributed by atoms with Crippen LogP contribution in [0.4, 0.5) is 17.2 Å². The second kappa shape index (κ2) is 8.11. The Bertz CT molecular complexity index is 1010. The first-order valence-electron chi connectivity index (χ1n) is 8.59. The number of hydrogen-bond acceptors (Lipinski definition) is 5. The van der Waals surface area contributed by atoms with Gasteiger partial charge in [0.15, 0.2) is 0 Å². The number of aryl methyl sites for hydroxylation is 1. The number of carbonyl (C=O) groups excluding carboxylic acids is 1. The highest BCUT2D eigenvalue weighted by atomic mass is 16.1. The Kier molecular flexibility index (Phi) is 5.43. The molecule has 3 rings (SSSR count). The quantitative estimate of drug-likeness (QED) is 0.744. The Morgan fingerprint density at radius 1 is 1.15 bits per heavy atom. The summed E-state index contributed by atoms with van der Waals surface area (Å²) in [5.74, 6) is 0.249. The molecule has 0 saturated heterocycles. The van der Waals surface area contributed by atoms with E-state index in [-0.39, 0.29) is 11.6 Å². The molecule has 1 heterocycles. The van der Waals surface area contributed by atoms with Crippen LogP contribution in [0.1, 0.15) is 28.5 Å². The molecule has 0 aliphatic heterocycles. The Labute approximate surface area is 158 Å². The molecule has 0 atom stereocenters. The van der Waals surface area contributed by atoms with Gasteiger partial charge in [0.25, 0.3) is 5.91 Å². The molecule has 1 aromatic heterocycles. The standard InChI is InChI=1S/C21H19N5O/c1-3-26(17-9-6-7-15(2)11-17)20-12-19(23-14-24-20)21(27)25-18-10-5-4-8-16(18)13-22/h4-12,14H,3H2,1-2H3,(H,25,27). The summed E-state index contributed by atoms with van der Waals surface area (Å²) in [5, 5.41) is 11.9. The molecule has 0 bridgehead atoms. The average molecular weight is 357 g/mol. The number of nitriles is 1. The van der Waals surface area contributed by atoms with Crippen LogP contribution in [0.5, 0.6) is 0 Å². The molecule has 0 spiro atoms. The highest BCUT2D eigenvalue weighted by Gasteiger charge is 2.15. The van der Waals surface area contributed by atoms with Crippen LogP contribution >= 0.6 is 0 Å². The van der Waals surface area contributed by atoms with Crippen LogP contribution < -0.4 is 10.2 Å². The van der Waals surface area contributed by atoms with Crippen molar-refractivity contribution < 1.29 is 4.79 Å². The fourth-order valence-electron chi connectivity index (χ4n) is 2.77. The number of nitrogens with zero attached hydrogens (tertiary/aromatic N) is 4. The van der Waals surface area contributed by atoms with Crippen molar-refractivity contribution in [1.29, 1.82) is 5.26 Å². The summed E-state index contributed by atoms with van der Waals surface area (Å²) < 4.78 is 0. The smallest absolute Gasteiger partial charge is 0.274 e. The van der Waals surface area contributed by atoms with Gasteiger partial charge in [0, 0.05) is 18.3 Å². The van der Waals surface area contributed by atoms with Crippen molar-refractivity contribution in [1.82, 2.24) is 9.97 Å². The van der Waals surface area contributed by atoms with Crippen molar-refractivity contribution in [2.75, 3.05) is 16.8 Å². The van der Waals surface area contributed by atoms with E-state index in [0.29, 0.717) is 23.6 Å². The second-order valence-electron chi connectivity index (χ2n) is 5.96. The van der Waals surface area contributed by atoms with E-state index in [9.17, 15) is 4.79 Å². The Morgan fingerprint density at radius 3 is 2.70 bits per heavy atom. The summed E-state index contributed by atoms with van der Waals surface area (Å²) in [7, 11) is 0. The Morgan fingerprint density at radius 2 is 1.96 bits per heavy atom. The molecule has 1 amide bonds. The maximum atomic E-state index is 12.6. The number of carbonyl (C=O) groups is 1. The van der Waals surface area contributed by atoms with Crippen molar-refractivity contribution in [2.45, 2.75) is 13.8 Å². The van der Waals surface area contributed by atoms with Crippen LogP contribution in [0.25, 0.3) is 0 Å². The molecule has 6 nitrogen and oxygen atoms in total. The minimum atomic E-state index is -0.387. The van der Waals surface area contributed by atoms with E-state index < -0.39 is 0 Å². The Balaban J connectivity index is 1.88. The number of amides is 1. The SMILES string of the molecule is CCN(c1cccc(C)c1)c1cc(C(=O)Nc2ccccc2C#N)ncn1. The minimum Gasteiger partial charge on any atom is -0.327 e. The maximum Gasteiger partial charge on any atom is 0.274 e. The van der Waals surface area contributed by atoms with Gasteiger partial charge in [-0.25, -0.2) is 9.97 Å². The number of hydrogen-bond donors (Lipinski definition) is 1. The highest BCUT2D eigenvalue weighted by Crippen LogP contribution is 2.24. The third-order valence-electron chi connectivity index (χ3n) is 4.09. The molecule has 1 N–H and O–H groups in total. The van der Waals surface area contributed by atoms with Gasteiger partial charge in [0.05, 0.1) is 11.3 Å². The lowest BCUT2D eigenvalue weighted by atomic mass is 10.2. The number of rotatable bonds is 5. The van der Waals surface area contributed by atoms with Crippen LogP contribution in [0.2, 0.25) is 0 Å². The molecular weight excluding hydrogens is 338 g/mol. The van der Waals surface area contributed by atoms with Crippen LogP contribution in [0.15, 0.2) is 60.9 Å². The van der Waals surface area contributed by atoms with E-state index in [4.69, 9.17) is 5.26 Å². The van der Waals surface area contributed by atoms with Gasteiger partial charge in [-0.3, -0.25) is 4.79 Å². The van der Waals surface area contributed by atoms with E-state index in [0.717, 1.165) is 11.3 Å². The predicted octanol–water partition coefficient (Wildman–Crippen LogP) is 4.07. The van der Waals surface area contributed by atoms with Gasteiger partial charge in [0.1, 0.15) is 23.9 Å². The van der Waals surface area contributed by atoms with Crippen LogP contribution in [0.3, 0.4) is 0 Å². The lowest BCUT2D eigenvalue weighted by molar-refractivity contribution is 0.102. The molecule has 6 heteroatoms. The zero-order chi connectivity index (χ0) is 19.2. The largest absolute Gasteiger partial charge is 0.327 e. The molecule has 0 saturated carbocycles. The van der Waals surface area contributed by atoms with Crippen molar-refractivity contribution >= 4 is 23.1 Å². The van der Waals surface area contributed by atoms with Gasteiger partial charge in [-0.1, -0.05) is 24.3 Å². The fourth-order valence-corrected chi connectivity index (χ4v) is 2.77. The molecular formula is C21H19N5O. The summed E-state index contributed by atoms with van der Waals surface area (Å²) in [6.07, 6.45) is 1.37. The first-order valence-corrected chi connectivity index (χ1v) is 8.59. The number of nitrogens with one attached hydrogen (secondary N) is 1. The van der Waals surface area contributed by atoms with E-state index in [2.05, 4.69) is 27.4 Å². The number of para-hydroxylation sites is 1. The van der Waals surface area contributed by atoms with Gasteiger partial charge in [-0.15, -0.1) is 0 Å². The molecule has 134 valence electrons. The van der Waals surface area contributed by atoms with E-state index in [1.54, 1.807) is 30.3 Å². The summed E-state index contributed by atoms with van der Waals surface area (Å²) in [4.78, 5) is 23.0. The van der Waals surface area contributed by atoms with Crippen LogP contribution in [-0.4, -0.2) is 22.4 Å². The summed E-state index contributed by atoms with van der Waals surface area (Å²) in [6, 6.07) is 18.6. The molecule has 3 aromatic rings. The van der Waals surface area contributed by atoms with Crippen molar-refractivity contribution in [3.8, 4) is 6.07 Å². The summed E-state index contributed by atoms with van der Waals surface area (Å²) in [6.45, 7) is 4.75. The lowest BCUT2D eigenvalue weighted by Crippen LogP contribution is -2.20. The molecule has 0 aliphatic carbocycles. The maximum absolute atomic E-state index is 12.6. The monoisotopic (exact) mass is 357 g/mol. The van der Waals surface area contributed by atoms with Gasteiger partial charge in [-0.05, 0) is 43.7 Å².